The van der Waals surface area contributed by atoms with Crippen molar-refractivity contribution in [3.8, 4) is 11.5 Å². The zero-order chi connectivity index (χ0) is 21.9. The first-order valence-corrected chi connectivity index (χ1v) is 9.59. The Hall–Kier alpha value is -4.06. The van der Waals surface area contributed by atoms with E-state index in [1.54, 1.807) is 6.21 Å². The van der Waals surface area contributed by atoms with Crippen molar-refractivity contribution in [1.82, 2.24) is 0 Å². The van der Waals surface area contributed by atoms with Crippen LogP contribution in [0.4, 0.5) is 0 Å². The van der Waals surface area contributed by atoms with E-state index in [9.17, 15) is 4.79 Å². The van der Waals surface area contributed by atoms with Crippen LogP contribution in [-0.2, 0) is 20.9 Å². The number of nitrogens with zero attached hydrogens (tertiary/aromatic N) is 1. The topological polar surface area (TPSA) is 66.4 Å². The molecule has 158 valence electrons. The lowest BCUT2D eigenvalue weighted by atomic mass is 10.0. The molecule has 0 aliphatic heterocycles. The van der Waals surface area contributed by atoms with E-state index in [2.05, 4.69) is 5.16 Å². The number of rotatable bonds is 9. The Morgan fingerprint density at radius 1 is 0.903 bits per heavy atom. The van der Waals surface area contributed by atoms with Crippen molar-refractivity contribution in [3.05, 3.63) is 102 Å². The quantitative estimate of drug-likeness (QED) is 0.164. The number of esters is 1. The van der Waals surface area contributed by atoms with E-state index >= 15 is 0 Å². The second-order valence-electron chi connectivity index (χ2n) is 6.42. The van der Waals surface area contributed by atoms with Crippen LogP contribution in [0, 0.1) is 0 Å². The van der Waals surface area contributed by atoms with Crippen LogP contribution in [0.15, 0.2) is 90.3 Å². The van der Waals surface area contributed by atoms with Gasteiger partial charge >= 0.3 is 5.97 Å². The molecule has 0 bridgehead atoms. The van der Waals surface area contributed by atoms with Gasteiger partial charge in [-0.2, -0.15) is 0 Å². The molecule has 0 saturated carbocycles. The van der Waals surface area contributed by atoms with E-state index in [4.69, 9.17) is 19.0 Å². The molecular formula is C25H23NO5. The van der Waals surface area contributed by atoms with Crippen LogP contribution in [0.25, 0.3) is 5.57 Å². The average molecular weight is 417 g/mol. The van der Waals surface area contributed by atoms with Crippen LogP contribution >= 0.6 is 0 Å². The first-order valence-electron chi connectivity index (χ1n) is 9.59. The number of ether oxygens (including phenoxy) is 3. The first-order chi connectivity index (χ1) is 15.2. The molecule has 0 aliphatic carbocycles. The number of methoxy groups -OCH3 is 2. The molecule has 0 unspecified atom stereocenters. The number of hydrogen-bond donors (Lipinski definition) is 0. The van der Waals surface area contributed by atoms with Gasteiger partial charge in [0.1, 0.15) is 17.9 Å². The number of para-hydroxylation sites is 1. The molecule has 6 heteroatoms. The SMILES string of the molecule is CO/C=C(/C(=O)OC)c1ccccc1COc1cccc(/C=N/Oc2ccccc2)c1. The van der Waals surface area contributed by atoms with Gasteiger partial charge in [0.25, 0.3) is 0 Å². The summed E-state index contributed by atoms with van der Waals surface area (Å²) in [6, 6.07) is 24.2. The highest BCUT2D eigenvalue weighted by atomic mass is 16.6. The van der Waals surface area contributed by atoms with Crippen LogP contribution in [-0.4, -0.2) is 26.4 Å². The summed E-state index contributed by atoms with van der Waals surface area (Å²) in [6.07, 6.45) is 2.99. The number of hydrogen-bond acceptors (Lipinski definition) is 6. The van der Waals surface area contributed by atoms with E-state index in [0.717, 1.165) is 11.1 Å². The van der Waals surface area contributed by atoms with Gasteiger partial charge in [0, 0.05) is 0 Å². The molecule has 0 aromatic heterocycles. The molecule has 0 fully saturated rings. The van der Waals surface area contributed by atoms with Crippen molar-refractivity contribution >= 4 is 17.8 Å². The molecule has 0 spiro atoms. The lowest BCUT2D eigenvalue weighted by Gasteiger charge is -2.13. The van der Waals surface area contributed by atoms with Gasteiger partial charge in [-0.1, -0.05) is 59.8 Å². The maximum Gasteiger partial charge on any atom is 0.341 e. The molecule has 6 nitrogen and oxygen atoms in total. The van der Waals surface area contributed by atoms with Crippen LogP contribution in [0.5, 0.6) is 11.5 Å². The molecule has 0 N–H and O–H groups in total. The predicted molar refractivity (Wildman–Crippen MR) is 119 cm³/mol. The van der Waals surface area contributed by atoms with Crippen molar-refractivity contribution in [2.45, 2.75) is 6.61 Å². The highest BCUT2D eigenvalue weighted by Crippen LogP contribution is 2.23. The highest BCUT2D eigenvalue weighted by molar-refractivity contribution is 6.16. The Labute approximate surface area is 181 Å². The fourth-order valence-corrected chi connectivity index (χ4v) is 2.83. The third-order valence-electron chi connectivity index (χ3n) is 4.30. The number of benzene rings is 3. The minimum Gasteiger partial charge on any atom is -0.503 e. The summed E-state index contributed by atoms with van der Waals surface area (Å²) in [7, 11) is 2.82. The molecule has 3 aromatic carbocycles. The van der Waals surface area contributed by atoms with Gasteiger partial charge in [-0.25, -0.2) is 4.79 Å². The lowest BCUT2D eigenvalue weighted by molar-refractivity contribution is -0.133. The summed E-state index contributed by atoms with van der Waals surface area (Å²) in [5, 5.41) is 4.00. The van der Waals surface area contributed by atoms with Crippen molar-refractivity contribution in [1.29, 1.82) is 0 Å². The Morgan fingerprint density at radius 3 is 2.42 bits per heavy atom. The summed E-state index contributed by atoms with van der Waals surface area (Å²) in [6.45, 7) is 0.259. The van der Waals surface area contributed by atoms with Gasteiger partial charge in [-0.05, 0) is 41.0 Å². The van der Waals surface area contributed by atoms with E-state index in [-0.39, 0.29) is 6.61 Å². The first kappa shape index (κ1) is 21.6. The van der Waals surface area contributed by atoms with E-state index < -0.39 is 5.97 Å². The van der Waals surface area contributed by atoms with Crippen LogP contribution < -0.4 is 9.57 Å². The molecule has 0 amide bonds. The van der Waals surface area contributed by atoms with E-state index in [1.807, 2.05) is 78.9 Å². The zero-order valence-corrected chi connectivity index (χ0v) is 17.4. The van der Waals surface area contributed by atoms with E-state index in [0.29, 0.717) is 22.6 Å². The van der Waals surface area contributed by atoms with Crippen LogP contribution in [0.2, 0.25) is 0 Å². The molecule has 31 heavy (non-hydrogen) atoms. The third kappa shape index (κ3) is 6.21. The number of oxime groups is 1. The van der Waals surface area contributed by atoms with Crippen LogP contribution in [0.1, 0.15) is 16.7 Å². The largest absolute Gasteiger partial charge is 0.503 e. The Bertz CT molecular complexity index is 1060. The Kier molecular flexibility index (Phi) is 7.83. The summed E-state index contributed by atoms with van der Waals surface area (Å²) in [4.78, 5) is 17.5. The summed E-state index contributed by atoms with van der Waals surface area (Å²) < 4.78 is 15.9. The Balaban J connectivity index is 1.70. The second-order valence-corrected chi connectivity index (χ2v) is 6.42. The third-order valence-corrected chi connectivity index (χ3v) is 4.30. The fourth-order valence-electron chi connectivity index (χ4n) is 2.83. The van der Waals surface area contributed by atoms with Gasteiger partial charge in [0.15, 0.2) is 5.75 Å². The molecular weight excluding hydrogens is 394 g/mol. The van der Waals surface area contributed by atoms with Gasteiger partial charge < -0.3 is 19.0 Å². The predicted octanol–water partition coefficient (Wildman–Crippen LogP) is 4.84. The Morgan fingerprint density at radius 2 is 1.65 bits per heavy atom. The summed E-state index contributed by atoms with van der Waals surface area (Å²) >= 11 is 0. The minimum absolute atomic E-state index is 0.259. The maximum atomic E-state index is 12.1. The smallest absolute Gasteiger partial charge is 0.341 e. The van der Waals surface area contributed by atoms with Gasteiger partial charge in [-0.15, -0.1) is 0 Å². The molecule has 0 radical (unpaired) electrons. The molecule has 3 rings (SSSR count). The minimum atomic E-state index is -0.481. The highest BCUT2D eigenvalue weighted by Gasteiger charge is 2.16. The lowest BCUT2D eigenvalue weighted by Crippen LogP contribution is -2.08. The van der Waals surface area contributed by atoms with Gasteiger partial charge in [0.2, 0.25) is 0 Å². The molecule has 0 atom stereocenters. The van der Waals surface area contributed by atoms with E-state index in [1.165, 1.54) is 20.5 Å². The summed E-state index contributed by atoms with van der Waals surface area (Å²) in [5.74, 6) is 0.841. The second kappa shape index (κ2) is 11.2. The molecule has 0 saturated heterocycles. The van der Waals surface area contributed by atoms with Gasteiger partial charge in [0.05, 0.1) is 26.7 Å². The summed E-state index contributed by atoms with van der Waals surface area (Å²) in [5.41, 5.74) is 2.66. The standard InChI is InChI=1S/C25H23NO5/c1-28-18-24(25(27)29-2)23-14-7-6-10-20(23)17-30-22-13-8-9-19(15-22)16-26-31-21-11-4-3-5-12-21/h3-16,18H,17H2,1-2H3/b24-18+,26-16+. The maximum absolute atomic E-state index is 12.1. The van der Waals surface area contributed by atoms with Crippen LogP contribution in [0.3, 0.4) is 0 Å². The van der Waals surface area contributed by atoms with Crippen molar-refractivity contribution in [2.24, 2.45) is 5.16 Å². The monoisotopic (exact) mass is 417 g/mol. The fraction of sp³-hybridized carbons (Fsp3) is 0.120. The van der Waals surface area contributed by atoms with Gasteiger partial charge in [-0.3, -0.25) is 0 Å². The number of carbonyl (C=O) groups excluding carboxylic acids is 1. The normalized spacial score (nSPS) is 11.2. The molecule has 0 aliphatic rings. The molecule has 3 aromatic rings. The van der Waals surface area contributed by atoms with Crippen molar-refractivity contribution < 1.29 is 23.8 Å². The molecule has 0 heterocycles. The van der Waals surface area contributed by atoms with Crippen molar-refractivity contribution in [2.75, 3.05) is 14.2 Å². The average Bonchev–Trinajstić information content (AvgIpc) is 2.82. The number of carbonyl (C=O) groups is 1. The zero-order valence-electron chi connectivity index (χ0n) is 17.4. The van der Waals surface area contributed by atoms with Crippen molar-refractivity contribution in [3.63, 3.8) is 0 Å².